The Labute approximate surface area is 173 Å². The fourth-order valence-corrected chi connectivity index (χ4v) is 2.80. The molecule has 0 spiro atoms. The number of ether oxygens (including phenoxy) is 1. The maximum Gasteiger partial charge on any atom is 0.337 e. The molecular weight excluding hydrogens is 420 g/mol. The van der Waals surface area contributed by atoms with E-state index in [2.05, 4.69) is 10.3 Å². The van der Waals surface area contributed by atoms with Crippen molar-refractivity contribution in [3.05, 3.63) is 83.0 Å². The van der Waals surface area contributed by atoms with E-state index < -0.39 is 46.9 Å². The number of aromatic nitrogens is 1. The van der Waals surface area contributed by atoms with Crippen molar-refractivity contribution in [1.29, 1.82) is 0 Å². The van der Waals surface area contributed by atoms with Crippen LogP contribution in [0.1, 0.15) is 29.3 Å². The number of halogens is 4. The second kappa shape index (κ2) is 8.58. The van der Waals surface area contributed by atoms with Crippen molar-refractivity contribution in [3.63, 3.8) is 0 Å². The fourth-order valence-electron chi connectivity index (χ4n) is 2.80. The van der Waals surface area contributed by atoms with Crippen LogP contribution in [0.2, 0.25) is 0 Å². The van der Waals surface area contributed by atoms with Crippen LogP contribution in [-0.2, 0) is 15.1 Å². The molecule has 2 aromatic rings. The minimum atomic E-state index is -2.08. The molecule has 0 aliphatic heterocycles. The van der Waals surface area contributed by atoms with Gasteiger partial charge in [-0.1, -0.05) is 6.07 Å². The van der Waals surface area contributed by atoms with E-state index in [1.807, 2.05) is 0 Å². The summed E-state index contributed by atoms with van der Waals surface area (Å²) in [6.45, 7) is 1.19. The number of hydrogen-bond acceptors (Lipinski definition) is 4. The monoisotopic (exact) mass is 436 g/mol. The van der Waals surface area contributed by atoms with Crippen molar-refractivity contribution >= 4 is 17.7 Å². The van der Waals surface area contributed by atoms with E-state index >= 15 is 0 Å². The molecule has 162 valence electrons. The number of aromatic carboxylic acids is 1. The van der Waals surface area contributed by atoms with Crippen molar-refractivity contribution in [1.82, 2.24) is 4.98 Å². The van der Waals surface area contributed by atoms with Gasteiger partial charge in [-0.2, -0.15) is 0 Å². The molecule has 1 heterocycles. The number of carboxylic acid groups (broad SMARTS) is 1. The van der Waals surface area contributed by atoms with Crippen LogP contribution in [0.5, 0.6) is 0 Å². The minimum Gasteiger partial charge on any atom is -0.478 e. The molecule has 1 aliphatic carbocycles. The Bertz CT molecular complexity index is 1090. The van der Waals surface area contributed by atoms with E-state index in [0.717, 1.165) is 30.5 Å². The molecule has 0 saturated carbocycles. The summed E-state index contributed by atoms with van der Waals surface area (Å²) in [4.78, 5) is 27.8. The van der Waals surface area contributed by atoms with Gasteiger partial charge in [0.15, 0.2) is 23.2 Å². The lowest BCUT2D eigenvalue weighted by molar-refractivity contribution is -0.135. The van der Waals surface area contributed by atoms with Gasteiger partial charge < -0.3 is 15.2 Å². The summed E-state index contributed by atoms with van der Waals surface area (Å²) in [5.74, 6) is -6.15. The number of benzene rings is 1. The summed E-state index contributed by atoms with van der Waals surface area (Å²) < 4.78 is 60.3. The normalized spacial score (nSPS) is 17.8. The third-order valence-corrected chi connectivity index (χ3v) is 4.56. The Morgan fingerprint density at radius 2 is 1.94 bits per heavy atom. The second-order valence-corrected chi connectivity index (χ2v) is 6.79. The Morgan fingerprint density at radius 1 is 1.19 bits per heavy atom. The molecule has 3 rings (SSSR count). The summed E-state index contributed by atoms with van der Waals surface area (Å²) in [5.41, 5.74) is -2.36. The van der Waals surface area contributed by atoms with Gasteiger partial charge in [0.05, 0.1) is 5.56 Å². The topological polar surface area (TPSA) is 88.5 Å². The predicted octanol–water partition coefficient (Wildman–Crippen LogP) is 4.41. The molecule has 6 nitrogen and oxygen atoms in total. The average molecular weight is 436 g/mol. The lowest BCUT2D eigenvalue weighted by atomic mass is 9.93. The molecule has 31 heavy (non-hydrogen) atoms. The molecule has 0 radical (unpaired) electrons. The molecule has 0 fully saturated rings. The third kappa shape index (κ3) is 4.73. The van der Waals surface area contributed by atoms with Crippen LogP contribution in [0.15, 0.2) is 60.3 Å². The number of allylic oxidation sites excluding steroid dienone is 3. The highest BCUT2D eigenvalue weighted by molar-refractivity contribution is 5.97. The van der Waals surface area contributed by atoms with Gasteiger partial charge in [-0.15, -0.1) is 0 Å². The van der Waals surface area contributed by atoms with E-state index in [1.54, 1.807) is 0 Å². The number of carboxylic acids is 1. The van der Waals surface area contributed by atoms with Gasteiger partial charge in [-0.25, -0.2) is 27.3 Å². The number of pyridine rings is 1. The number of amides is 1. The van der Waals surface area contributed by atoms with Crippen LogP contribution in [0.3, 0.4) is 0 Å². The first-order chi connectivity index (χ1) is 14.6. The molecule has 2 unspecified atom stereocenters. The number of hydrogen-bond donors (Lipinski definition) is 2. The number of carbonyl (C=O) groups is 2. The van der Waals surface area contributed by atoms with Gasteiger partial charge in [0.1, 0.15) is 12.0 Å². The van der Waals surface area contributed by atoms with Crippen molar-refractivity contribution in [2.24, 2.45) is 0 Å². The van der Waals surface area contributed by atoms with Crippen LogP contribution in [-0.4, -0.2) is 28.1 Å². The smallest absolute Gasteiger partial charge is 0.337 e. The number of carbonyl (C=O) groups excluding carboxylic acids is 1. The molecule has 1 amide bonds. The molecular formula is C21H16F4N2O4. The van der Waals surface area contributed by atoms with Crippen molar-refractivity contribution in [3.8, 4) is 0 Å². The summed E-state index contributed by atoms with van der Waals surface area (Å²) >= 11 is 0. The third-order valence-electron chi connectivity index (χ3n) is 4.56. The number of alkyl halides is 1. The fraction of sp³-hybridized carbons (Fsp3) is 0.190. The van der Waals surface area contributed by atoms with Gasteiger partial charge in [0.25, 0.3) is 5.91 Å². The van der Waals surface area contributed by atoms with Crippen LogP contribution in [0, 0.1) is 11.6 Å². The van der Waals surface area contributed by atoms with Gasteiger partial charge in [-0.05, 0) is 43.3 Å². The molecule has 0 bridgehead atoms. The summed E-state index contributed by atoms with van der Waals surface area (Å²) in [7, 11) is 0. The Kier molecular flexibility index (Phi) is 6.09. The zero-order valence-corrected chi connectivity index (χ0v) is 16.0. The lowest BCUT2D eigenvalue weighted by Gasteiger charge is -2.31. The van der Waals surface area contributed by atoms with E-state index in [9.17, 15) is 27.2 Å². The summed E-state index contributed by atoms with van der Waals surface area (Å²) in [6, 6.07) is 4.98. The van der Waals surface area contributed by atoms with E-state index in [-0.39, 0.29) is 23.4 Å². The largest absolute Gasteiger partial charge is 0.478 e. The Balaban J connectivity index is 1.96. The standard InChI is InChI=1S/C21H16F4N2O4/c1-21(12-3-5-14(23)15(24)8-12,31-17-6-4-13(22)9-16(17)25)20(30)27-18-7-2-11(10-26-18)19(28)29/h2-3,5-10,13H,4H2,1H3,(H,28,29)(H,26,27,30). The van der Waals surface area contributed by atoms with E-state index in [1.165, 1.54) is 19.1 Å². The van der Waals surface area contributed by atoms with Crippen molar-refractivity contribution < 1.29 is 37.0 Å². The first kappa shape index (κ1) is 22.0. The predicted molar refractivity (Wildman–Crippen MR) is 101 cm³/mol. The first-order valence-corrected chi connectivity index (χ1v) is 8.97. The SMILES string of the molecule is CC(OC1=CCC(F)C=C1F)(C(=O)Nc1ccc(C(=O)O)cn1)c1ccc(F)c(F)c1. The van der Waals surface area contributed by atoms with Crippen molar-refractivity contribution in [2.45, 2.75) is 25.1 Å². The highest BCUT2D eigenvalue weighted by Crippen LogP contribution is 2.35. The van der Waals surface area contributed by atoms with Gasteiger partial charge >= 0.3 is 5.97 Å². The summed E-state index contributed by atoms with van der Waals surface area (Å²) in [6.07, 6.45) is 1.02. The maximum atomic E-state index is 14.2. The Morgan fingerprint density at radius 3 is 2.52 bits per heavy atom. The van der Waals surface area contributed by atoms with Gasteiger partial charge in [0.2, 0.25) is 5.60 Å². The van der Waals surface area contributed by atoms with Crippen LogP contribution < -0.4 is 5.32 Å². The van der Waals surface area contributed by atoms with Gasteiger partial charge in [-0.3, -0.25) is 4.79 Å². The molecule has 1 aromatic heterocycles. The summed E-state index contributed by atoms with van der Waals surface area (Å²) in [5, 5.41) is 11.3. The minimum absolute atomic E-state index is 0.0649. The lowest BCUT2D eigenvalue weighted by Crippen LogP contribution is -2.40. The number of anilines is 1. The number of nitrogens with one attached hydrogen (secondary N) is 1. The average Bonchev–Trinajstić information content (AvgIpc) is 2.72. The highest BCUT2D eigenvalue weighted by atomic mass is 19.2. The van der Waals surface area contributed by atoms with Crippen LogP contribution in [0.25, 0.3) is 0 Å². The molecule has 1 aliphatic rings. The number of rotatable bonds is 6. The van der Waals surface area contributed by atoms with Crippen LogP contribution in [0.4, 0.5) is 23.4 Å². The zero-order chi connectivity index (χ0) is 22.8. The van der Waals surface area contributed by atoms with E-state index in [0.29, 0.717) is 6.08 Å². The molecule has 10 heteroatoms. The first-order valence-electron chi connectivity index (χ1n) is 8.97. The second-order valence-electron chi connectivity index (χ2n) is 6.79. The van der Waals surface area contributed by atoms with E-state index in [4.69, 9.17) is 9.84 Å². The maximum absolute atomic E-state index is 14.2. The number of nitrogens with zero attached hydrogens (tertiary/aromatic N) is 1. The molecule has 0 saturated heterocycles. The molecule has 2 atom stereocenters. The molecule has 2 N–H and O–H groups in total. The van der Waals surface area contributed by atoms with Gasteiger partial charge in [0, 0.05) is 18.2 Å². The van der Waals surface area contributed by atoms with Crippen LogP contribution >= 0.6 is 0 Å². The van der Waals surface area contributed by atoms with Crippen molar-refractivity contribution in [2.75, 3.05) is 5.32 Å². The molecule has 1 aromatic carbocycles. The Hall–Kier alpha value is -3.69. The quantitative estimate of drug-likeness (QED) is 0.655. The highest BCUT2D eigenvalue weighted by Gasteiger charge is 2.40. The zero-order valence-electron chi connectivity index (χ0n) is 16.0.